The summed E-state index contributed by atoms with van der Waals surface area (Å²) in [5, 5.41) is 9.98. The predicted molar refractivity (Wildman–Crippen MR) is 124 cm³/mol. The van der Waals surface area contributed by atoms with Crippen LogP contribution in [0.15, 0.2) is 41.5 Å². The first kappa shape index (κ1) is 23.2. The smallest absolute Gasteiger partial charge is 0.133 e. The third-order valence-electron chi connectivity index (χ3n) is 4.95. The Morgan fingerprint density at radius 2 is 1.70 bits per heavy atom. The molecule has 0 spiro atoms. The van der Waals surface area contributed by atoms with Gasteiger partial charge in [-0.25, -0.2) is 4.39 Å². The van der Waals surface area contributed by atoms with E-state index in [2.05, 4.69) is 49.8 Å². The minimum absolute atomic E-state index is 0.295. The molecule has 156 valence electrons. The molecule has 0 amide bonds. The van der Waals surface area contributed by atoms with E-state index in [1.807, 2.05) is 19.2 Å². The molecule has 3 aromatic rings. The number of aromatic nitrogens is 1. The number of pyridine rings is 1. The van der Waals surface area contributed by atoms with Crippen LogP contribution in [0.4, 0.5) is 4.39 Å². The lowest BCUT2D eigenvalue weighted by atomic mass is 9.91. The van der Waals surface area contributed by atoms with Gasteiger partial charge in [-0.1, -0.05) is 34.1 Å². The molecular formula is C26H30FN3. The average molecular weight is 404 g/mol. The van der Waals surface area contributed by atoms with Gasteiger partial charge in [0.05, 0.1) is 22.9 Å². The summed E-state index contributed by atoms with van der Waals surface area (Å²) in [6, 6.07) is 10.8. The molecule has 0 saturated carbocycles. The van der Waals surface area contributed by atoms with Gasteiger partial charge in [-0.2, -0.15) is 5.26 Å². The number of nitriles is 1. The van der Waals surface area contributed by atoms with Gasteiger partial charge in [-0.05, 0) is 66.8 Å². The Labute approximate surface area is 179 Å². The monoisotopic (exact) mass is 403 g/mol. The van der Waals surface area contributed by atoms with Gasteiger partial charge in [0.2, 0.25) is 0 Å². The lowest BCUT2D eigenvalue weighted by Crippen LogP contribution is -2.10. The van der Waals surface area contributed by atoms with Crippen molar-refractivity contribution in [3.63, 3.8) is 0 Å². The van der Waals surface area contributed by atoms with Crippen LogP contribution in [0.25, 0.3) is 10.9 Å². The van der Waals surface area contributed by atoms with Gasteiger partial charge in [-0.15, -0.1) is 0 Å². The van der Waals surface area contributed by atoms with Gasteiger partial charge < -0.3 is 0 Å². The maximum absolute atomic E-state index is 14.7. The molecule has 4 heteroatoms. The van der Waals surface area contributed by atoms with Gasteiger partial charge in [0.1, 0.15) is 5.82 Å². The number of hydrogen-bond acceptors (Lipinski definition) is 3. The first-order chi connectivity index (χ1) is 14.4. The highest BCUT2D eigenvalue weighted by molar-refractivity contribution is 6.20. The second-order valence-electron chi connectivity index (χ2n) is 7.25. The molecule has 0 saturated heterocycles. The van der Waals surface area contributed by atoms with Crippen molar-refractivity contribution < 1.29 is 4.39 Å². The van der Waals surface area contributed by atoms with Gasteiger partial charge in [0.25, 0.3) is 0 Å². The van der Waals surface area contributed by atoms with E-state index >= 15 is 0 Å². The molecule has 1 heterocycles. The first-order valence-corrected chi connectivity index (χ1v) is 10.5. The lowest BCUT2D eigenvalue weighted by Gasteiger charge is -2.16. The van der Waals surface area contributed by atoms with Crippen molar-refractivity contribution in [2.45, 2.75) is 53.9 Å². The van der Waals surface area contributed by atoms with Crippen LogP contribution in [0.2, 0.25) is 0 Å². The number of halogens is 1. The van der Waals surface area contributed by atoms with Crippen LogP contribution >= 0.6 is 0 Å². The second-order valence-corrected chi connectivity index (χ2v) is 7.25. The summed E-state index contributed by atoms with van der Waals surface area (Å²) in [5.74, 6) is -0.445. The third-order valence-corrected chi connectivity index (χ3v) is 4.95. The molecule has 3 rings (SSSR count). The number of benzene rings is 2. The molecule has 1 aromatic heterocycles. The Hall–Kier alpha value is -3.06. The molecule has 0 N–H and O–H groups in total. The Balaban J connectivity index is 0.00000101. The summed E-state index contributed by atoms with van der Waals surface area (Å²) < 4.78 is 14.7. The number of rotatable bonds is 4. The normalized spacial score (nSPS) is 11.1. The molecule has 0 bridgehead atoms. The fraction of sp³-hybridized carbons (Fsp3) is 0.346. The maximum atomic E-state index is 14.7. The summed E-state index contributed by atoms with van der Waals surface area (Å²) in [6.07, 6.45) is 4.94. The van der Waals surface area contributed by atoms with Gasteiger partial charge in [0, 0.05) is 29.8 Å². The number of aliphatic imine (C=N–C) groups is 1. The zero-order valence-electron chi connectivity index (χ0n) is 18.8. The predicted octanol–water partition coefficient (Wildman–Crippen LogP) is 6.56. The SMILES string of the molecule is CCC.CCc1cc2ncc(C)c(C(=NC)c3ccc(C#N)cc3F)c2cc1CC. The molecule has 0 aliphatic rings. The van der Waals surface area contributed by atoms with Gasteiger partial charge in [0.15, 0.2) is 0 Å². The second kappa shape index (κ2) is 10.6. The van der Waals surface area contributed by atoms with Crippen molar-refractivity contribution in [1.29, 1.82) is 5.26 Å². The van der Waals surface area contributed by atoms with Gasteiger partial charge in [-0.3, -0.25) is 9.98 Å². The molecule has 30 heavy (non-hydrogen) atoms. The van der Waals surface area contributed by atoms with E-state index in [1.165, 1.54) is 23.6 Å². The molecule has 0 atom stereocenters. The number of hydrogen-bond donors (Lipinski definition) is 0. The van der Waals surface area contributed by atoms with Crippen LogP contribution < -0.4 is 0 Å². The molecule has 3 nitrogen and oxygen atoms in total. The highest BCUT2D eigenvalue weighted by atomic mass is 19.1. The molecule has 0 unspecified atom stereocenters. The van der Waals surface area contributed by atoms with Crippen LogP contribution in [0.5, 0.6) is 0 Å². The van der Waals surface area contributed by atoms with Crippen molar-refractivity contribution in [3.05, 3.63) is 75.7 Å². The molecule has 0 aliphatic carbocycles. The average Bonchev–Trinajstić information content (AvgIpc) is 2.76. The molecule has 0 fully saturated rings. The van der Waals surface area contributed by atoms with Crippen LogP contribution in [0.1, 0.15) is 67.5 Å². The fourth-order valence-electron chi connectivity index (χ4n) is 3.54. The first-order valence-electron chi connectivity index (χ1n) is 10.5. The number of nitrogens with zero attached hydrogens (tertiary/aromatic N) is 3. The Kier molecular flexibility index (Phi) is 8.24. The van der Waals surface area contributed by atoms with Crippen molar-refractivity contribution >= 4 is 16.6 Å². The van der Waals surface area contributed by atoms with Crippen molar-refractivity contribution in [1.82, 2.24) is 4.98 Å². The molecular weight excluding hydrogens is 373 g/mol. The van der Waals surface area contributed by atoms with Crippen LogP contribution in [-0.4, -0.2) is 17.7 Å². The zero-order chi connectivity index (χ0) is 22.3. The summed E-state index contributed by atoms with van der Waals surface area (Å²) in [7, 11) is 1.67. The fourth-order valence-corrected chi connectivity index (χ4v) is 3.54. The topological polar surface area (TPSA) is 49.0 Å². The summed E-state index contributed by atoms with van der Waals surface area (Å²) in [4.78, 5) is 9.01. The van der Waals surface area contributed by atoms with E-state index in [1.54, 1.807) is 19.2 Å². The zero-order valence-corrected chi connectivity index (χ0v) is 18.8. The van der Waals surface area contributed by atoms with Crippen LogP contribution in [0.3, 0.4) is 0 Å². The van der Waals surface area contributed by atoms with Crippen molar-refractivity contribution in [2.24, 2.45) is 4.99 Å². The quantitative estimate of drug-likeness (QED) is 0.463. The minimum atomic E-state index is -0.445. The third kappa shape index (κ3) is 4.74. The Morgan fingerprint density at radius 3 is 2.23 bits per heavy atom. The lowest BCUT2D eigenvalue weighted by molar-refractivity contribution is 0.625. The van der Waals surface area contributed by atoms with E-state index < -0.39 is 5.82 Å². The highest BCUT2D eigenvalue weighted by Gasteiger charge is 2.18. The molecule has 2 aromatic carbocycles. The Bertz CT molecular complexity index is 1110. The van der Waals surface area contributed by atoms with Crippen molar-refractivity contribution in [3.8, 4) is 6.07 Å². The summed E-state index contributed by atoms with van der Waals surface area (Å²) in [6.45, 7) is 10.5. The van der Waals surface area contributed by atoms with E-state index in [0.717, 1.165) is 34.9 Å². The highest BCUT2D eigenvalue weighted by Crippen LogP contribution is 2.28. The summed E-state index contributed by atoms with van der Waals surface area (Å²) in [5.41, 5.74) is 6.55. The van der Waals surface area contributed by atoms with E-state index in [0.29, 0.717) is 16.8 Å². The number of fused-ring (bicyclic) bond motifs is 1. The maximum Gasteiger partial charge on any atom is 0.133 e. The largest absolute Gasteiger partial charge is 0.287 e. The van der Waals surface area contributed by atoms with Gasteiger partial charge >= 0.3 is 0 Å². The standard InChI is InChI=1S/C23H22FN3.C3H8/c1-5-16-10-19-21(11-17(16)6-2)27-13-14(3)22(19)23(26-4)18-8-7-15(12-25)9-20(18)24;1-3-2/h7-11,13H,5-6H2,1-4H3;3H2,1-2H3. The molecule has 0 aliphatic heterocycles. The summed E-state index contributed by atoms with van der Waals surface area (Å²) >= 11 is 0. The van der Waals surface area contributed by atoms with E-state index in [9.17, 15) is 4.39 Å². The van der Waals surface area contributed by atoms with Crippen LogP contribution in [0, 0.1) is 24.1 Å². The van der Waals surface area contributed by atoms with Crippen LogP contribution in [-0.2, 0) is 12.8 Å². The van der Waals surface area contributed by atoms with E-state index in [4.69, 9.17) is 5.26 Å². The molecule has 0 radical (unpaired) electrons. The number of aryl methyl sites for hydroxylation is 3. The van der Waals surface area contributed by atoms with E-state index in [-0.39, 0.29) is 0 Å². The Morgan fingerprint density at radius 1 is 1.07 bits per heavy atom. The van der Waals surface area contributed by atoms with Crippen molar-refractivity contribution in [2.75, 3.05) is 7.05 Å². The minimum Gasteiger partial charge on any atom is -0.287 e.